The molecular formula is C27H24O3. The maximum atomic E-state index is 12.7. The van der Waals surface area contributed by atoms with Crippen LogP contribution in [0, 0.1) is 13.8 Å². The van der Waals surface area contributed by atoms with Gasteiger partial charge in [-0.05, 0) is 48.7 Å². The largest absolute Gasteiger partial charge is 0.489 e. The summed E-state index contributed by atoms with van der Waals surface area (Å²) in [6.07, 6.45) is 4.56. The number of aryl methyl sites for hydroxylation is 2. The van der Waals surface area contributed by atoms with Crippen LogP contribution < -0.4 is 10.4 Å². The first-order chi connectivity index (χ1) is 14.6. The predicted octanol–water partition coefficient (Wildman–Crippen LogP) is 6.09. The Morgan fingerprint density at radius 3 is 2.30 bits per heavy atom. The number of fused-ring (bicyclic) bond motifs is 1. The average molecular weight is 396 g/mol. The first-order valence-corrected chi connectivity index (χ1v) is 10.1. The summed E-state index contributed by atoms with van der Waals surface area (Å²) >= 11 is 0. The van der Waals surface area contributed by atoms with E-state index in [1.54, 1.807) is 0 Å². The van der Waals surface area contributed by atoms with Crippen LogP contribution >= 0.6 is 0 Å². The van der Waals surface area contributed by atoms with E-state index < -0.39 is 0 Å². The minimum atomic E-state index is -0.284. The molecule has 0 saturated carbocycles. The molecule has 0 aliphatic heterocycles. The van der Waals surface area contributed by atoms with Crippen LogP contribution in [0.15, 0.2) is 88.1 Å². The Balaban J connectivity index is 1.59. The molecule has 3 nitrogen and oxygen atoms in total. The van der Waals surface area contributed by atoms with Crippen LogP contribution in [0.3, 0.4) is 0 Å². The van der Waals surface area contributed by atoms with Gasteiger partial charge in [-0.1, -0.05) is 66.7 Å². The van der Waals surface area contributed by atoms with Gasteiger partial charge in [-0.3, -0.25) is 0 Å². The molecule has 30 heavy (non-hydrogen) atoms. The standard InChI is InChI=1S/C27H24O3/c1-19-23-15-16-25(29-17-9-14-21-10-5-3-6-11-21)20(2)26(23)30-27(28)24(19)18-22-12-7-4-8-13-22/h3-16H,17-18H2,1-2H3/b14-9+. The second-order valence-corrected chi connectivity index (χ2v) is 7.34. The van der Waals surface area contributed by atoms with Gasteiger partial charge in [0, 0.05) is 22.9 Å². The van der Waals surface area contributed by atoms with Gasteiger partial charge in [0.1, 0.15) is 17.9 Å². The molecular weight excluding hydrogens is 372 g/mol. The van der Waals surface area contributed by atoms with E-state index in [-0.39, 0.29) is 5.63 Å². The van der Waals surface area contributed by atoms with Gasteiger partial charge in [-0.25, -0.2) is 4.79 Å². The SMILES string of the molecule is Cc1c(Cc2ccccc2)c(=O)oc2c(C)c(OC/C=C/c3ccccc3)ccc12. The van der Waals surface area contributed by atoms with Crippen molar-refractivity contribution in [2.24, 2.45) is 0 Å². The Kier molecular flexibility index (Phi) is 5.80. The van der Waals surface area contributed by atoms with Crippen molar-refractivity contribution in [1.82, 2.24) is 0 Å². The lowest BCUT2D eigenvalue weighted by atomic mass is 9.98. The minimum absolute atomic E-state index is 0.284. The van der Waals surface area contributed by atoms with Crippen LogP contribution in [-0.4, -0.2) is 6.61 Å². The summed E-state index contributed by atoms with van der Waals surface area (Å²) in [5.41, 5.74) is 5.04. The molecule has 0 radical (unpaired) electrons. The molecule has 0 bridgehead atoms. The first kappa shape index (κ1) is 19.7. The molecule has 4 aromatic rings. The summed E-state index contributed by atoms with van der Waals surface area (Å²) in [4.78, 5) is 12.7. The molecule has 3 heteroatoms. The minimum Gasteiger partial charge on any atom is -0.489 e. The van der Waals surface area contributed by atoms with Gasteiger partial charge in [-0.15, -0.1) is 0 Å². The molecule has 0 unspecified atom stereocenters. The number of hydrogen-bond donors (Lipinski definition) is 0. The molecule has 0 spiro atoms. The number of benzene rings is 3. The van der Waals surface area contributed by atoms with Gasteiger partial charge in [0.15, 0.2) is 0 Å². The van der Waals surface area contributed by atoms with Gasteiger partial charge in [0.25, 0.3) is 0 Å². The smallest absolute Gasteiger partial charge is 0.340 e. The molecule has 0 saturated heterocycles. The molecule has 1 aromatic heterocycles. The lowest BCUT2D eigenvalue weighted by Gasteiger charge is -2.12. The summed E-state index contributed by atoms with van der Waals surface area (Å²) in [7, 11) is 0. The third-order valence-corrected chi connectivity index (χ3v) is 5.32. The number of hydrogen-bond acceptors (Lipinski definition) is 3. The second-order valence-electron chi connectivity index (χ2n) is 7.34. The van der Waals surface area contributed by atoms with Gasteiger partial charge in [0.2, 0.25) is 0 Å². The summed E-state index contributed by atoms with van der Waals surface area (Å²) in [5.74, 6) is 0.721. The molecule has 3 aromatic carbocycles. The van der Waals surface area contributed by atoms with Gasteiger partial charge < -0.3 is 9.15 Å². The summed E-state index contributed by atoms with van der Waals surface area (Å²) in [5, 5.41) is 0.949. The fourth-order valence-electron chi connectivity index (χ4n) is 3.62. The Morgan fingerprint density at radius 2 is 1.57 bits per heavy atom. The lowest BCUT2D eigenvalue weighted by Crippen LogP contribution is -2.11. The van der Waals surface area contributed by atoms with Crippen molar-refractivity contribution in [2.45, 2.75) is 20.3 Å². The first-order valence-electron chi connectivity index (χ1n) is 10.1. The van der Waals surface area contributed by atoms with E-state index in [1.807, 2.05) is 98.8 Å². The Labute approximate surface area is 176 Å². The third kappa shape index (κ3) is 4.20. The second kappa shape index (κ2) is 8.83. The molecule has 0 aliphatic rings. The van der Waals surface area contributed by atoms with Crippen LogP contribution in [-0.2, 0) is 6.42 Å². The van der Waals surface area contributed by atoms with Crippen LogP contribution in [0.2, 0.25) is 0 Å². The number of ether oxygens (including phenoxy) is 1. The van der Waals surface area contributed by atoms with Crippen molar-refractivity contribution in [3.05, 3.63) is 117 Å². The van der Waals surface area contributed by atoms with Crippen molar-refractivity contribution >= 4 is 17.0 Å². The van der Waals surface area contributed by atoms with Gasteiger partial charge in [-0.2, -0.15) is 0 Å². The van der Waals surface area contributed by atoms with E-state index in [0.717, 1.165) is 33.4 Å². The van der Waals surface area contributed by atoms with Crippen LogP contribution in [0.25, 0.3) is 17.0 Å². The highest BCUT2D eigenvalue weighted by Crippen LogP contribution is 2.30. The normalized spacial score (nSPS) is 11.3. The Morgan fingerprint density at radius 1 is 0.867 bits per heavy atom. The summed E-state index contributed by atoms with van der Waals surface area (Å²) < 4.78 is 11.7. The third-order valence-electron chi connectivity index (χ3n) is 5.32. The maximum absolute atomic E-state index is 12.7. The molecule has 0 aliphatic carbocycles. The van der Waals surface area contributed by atoms with Gasteiger partial charge >= 0.3 is 5.63 Å². The Hall–Kier alpha value is -3.59. The zero-order chi connectivity index (χ0) is 20.9. The monoisotopic (exact) mass is 396 g/mol. The molecule has 0 amide bonds. The predicted molar refractivity (Wildman–Crippen MR) is 122 cm³/mol. The zero-order valence-electron chi connectivity index (χ0n) is 17.2. The molecule has 0 fully saturated rings. The number of rotatable bonds is 6. The highest BCUT2D eigenvalue weighted by Gasteiger charge is 2.15. The van der Waals surface area contributed by atoms with Crippen molar-refractivity contribution in [3.63, 3.8) is 0 Å². The summed E-state index contributed by atoms with van der Waals surface area (Å²) in [6.45, 7) is 4.36. The van der Waals surface area contributed by atoms with Gasteiger partial charge in [0.05, 0.1) is 0 Å². The lowest BCUT2D eigenvalue weighted by molar-refractivity contribution is 0.360. The van der Waals surface area contributed by atoms with Crippen LogP contribution in [0.5, 0.6) is 5.75 Å². The van der Waals surface area contributed by atoms with Crippen molar-refractivity contribution < 1.29 is 9.15 Å². The molecule has 1 heterocycles. The van der Waals surface area contributed by atoms with E-state index >= 15 is 0 Å². The van der Waals surface area contributed by atoms with Crippen molar-refractivity contribution in [3.8, 4) is 5.75 Å². The van der Waals surface area contributed by atoms with Crippen molar-refractivity contribution in [2.75, 3.05) is 6.61 Å². The van der Waals surface area contributed by atoms with E-state index in [4.69, 9.17) is 9.15 Å². The van der Waals surface area contributed by atoms with E-state index in [2.05, 4.69) is 0 Å². The van der Waals surface area contributed by atoms with Crippen molar-refractivity contribution in [1.29, 1.82) is 0 Å². The molecule has 4 rings (SSSR count). The molecule has 150 valence electrons. The molecule has 0 N–H and O–H groups in total. The van der Waals surface area contributed by atoms with Crippen LogP contribution in [0.4, 0.5) is 0 Å². The summed E-state index contributed by atoms with van der Waals surface area (Å²) in [6, 6.07) is 24.0. The Bertz CT molecular complexity index is 1240. The highest BCUT2D eigenvalue weighted by molar-refractivity contribution is 5.85. The highest BCUT2D eigenvalue weighted by atomic mass is 16.5. The zero-order valence-corrected chi connectivity index (χ0v) is 17.2. The van der Waals surface area contributed by atoms with E-state index in [0.29, 0.717) is 24.2 Å². The van der Waals surface area contributed by atoms with Crippen LogP contribution in [0.1, 0.15) is 27.8 Å². The van der Waals surface area contributed by atoms with E-state index in [9.17, 15) is 4.79 Å². The van der Waals surface area contributed by atoms with E-state index in [1.165, 1.54) is 0 Å². The molecule has 0 atom stereocenters. The topological polar surface area (TPSA) is 39.4 Å². The fourth-order valence-corrected chi connectivity index (χ4v) is 3.62. The quantitative estimate of drug-likeness (QED) is 0.370. The maximum Gasteiger partial charge on any atom is 0.340 e. The fraction of sp³-hybridized carbons (Fsp3) is 0.148. The average Bonchev–Trinajstić information content (AvgIpc) is 2.77.